The van der Waals surface area contributed by atoms with E-state index >= 15 is 0 Å². The Labute approximate surface area is 214 Å². The van der Waals surface area contributed by atoms with Crippen LogP contribution in [0.1, 0.15) is 27.7 Å². The number of carbonyl (C=O) groups is 1. The van der Waals surface area contributed by atoms with Crippen LogP contribution in [0.4, 0.5) is 11.4 Å². The van der Waals surface area contributed by atoms with E-state index in [0.29, 0.717) is 33.9 Å². The third-order valence-corrected chi connectivity index (χ3v) is 6.24. The van der Waals surface area contributed by atoms with Crippen LogP contribution in [-0.2, 0) is 6.61 Å². The number of carbonyl (C=O) groups excluding carboxylic acids is 1. The first-order chi connectivity index (χ1) is 17.8. The molecule has 37 heavy (non-hydrogen) atoms. The molecule has 0 aliphatic rings. The Morgan fingerprint density at radius 3 is 2.38 bits per heavy atom. The summed E-state index contributed by atoms with van der Waals surface area (Å²) < 4.78 is 12.3. The highest BCUT2D eigenvalue weighted by molar-refractivity contribution is 7.20. The van der Waals surface area contributed by atoms with E-state index in [1.165, 1.54) is 41.8 Å². The number of nitrogens with one attached hydrogen (secondary N) is 1. The van der Waals surface area contributed by atoms with Crippen molar-refractivity contribution in [2.75, 3.05) is 6.61 Å². The van der Waals surface area contributed by atoms with Gasteiger partial charge in [0.05, 0.1) is 27.5 Å². The molecule has 12 heteroatoms. The van der Waals surface area contributed by atoms with Crippen LogP contribution >= 0.6 is 11.3 Å². The molecule has 0 saturated heterocycles. The van der Waals surface area contributed by atoms with Crippen molar-refractivity contribution in [1.82, 2.24) is 5.43 Å². The van der Waals surface area contributed by atoms with Gasteiger partial charge in [0.25, 0.3) is 17.3 Å². The molecule has 11 nitrogen and oxygen atoms in total. The molecule has 4 aromatic rings. The molecule has 4 rings (SSSR count). The van der Waals surface area contributed by atoms with E-state index < -0.39 is 15.8 Å². The Morgan fingerprint density at radius 1 is 0.946 bits per heavy atom. The lowest BCUT2D eigenvalue weighted by Crippen LogP contribution is -2.16. The second-order valence-electron chi connectivity index (χ2n) is 7.64. The molecular weight excluding hydrogens is 500 g/mol. The highest BCUT2D eigenvalue weighted by Crippen LogP contribution is 2.30. The van der Waals surface area contributed by atoms with Crippen molar-refractivity contribution < 1.29 is 24.1 Å². The SMILES string of the molecule is CCOc1cc(/C=N\NC(=O)c2cc3cc([N+](=O)[O-])ccc3s2)ccc1OCc1ccc([N+](=O)[O-])cc1. The monoisotopic (exact) mass is 520 g/mol. The first-order valence-electron chi connectivity index (χ1n) is 11.0. The van der Waals surface area contributed by atoms with Gasteiger partial charge >= 0.3 is 0 Å². The molecule has 0 aliphatic heterocycles. The molecule has 1 aromatic heterocycles. The van der Waals surface area contributed by atoms with Gasteiger partial charge in [0, 0.05) is 34.4 Å². The quantitative estimate of drug-likeness (QED) is 0.166. The molecular formula is C25H20N4O7S. The van der Waals surface area contributed by atoms with Crippen LogP contribution in [0, 0.1) is 20.2 Å². The van der Waals surface area contributed by atoms with Crippen LogP contribution in [-0.4, -0.2) is 28.6 Å². The van der Waals surface area contributed by atoms with Crippen molar-refractivity contribution in [2.45, 2.75) is 13.5 Å². The molecule has 1 N–H and O–H groups in total. The zero-order valence-electron chi connectivity index (χ0n) is 19.5. The van der Waals surface area contributed by atoms with Crippen LogP contribution in [0.3, 0.4) is 0 Å². The number of hydrazone groups is 1. The molecule has 1 amide bonds. The average Bonchev–Trinajstić information content (AvgIpc) is 3.32. The summed E-state index contributed by atoms with van der Waals surface area (Å²) in [6.45, 7) is 2.43. The minimum Gasteiger partial charge on any atom is -0.490 e. The highest BCUT2D eigenvalue weighted by atomic mass is 32.1. The molecule has 0 radical (unpaired) electrons. The summed E-state index contributed by atoms with van der Waals surface area (Å²) >= 11 is 1.21. The lowest BCUT2D eigenvalue weighted by atomic mass is 10.2. The van der Waals surface area contributed by atoms with Crippen LogP contribution in [0.15, 0.2) is 71.8 Å². The van der Waals surface area contributed by atoms with Crippen molar-refractivity contribution in [3.8, 4) is 11.5 Å². The fourth-order valence-electron chi connectivity index (χ4n) is 3.34. The van der Waals surface area contributed by atoms with Crippen molar-refractivity contribution in [1.29, 1.82) is 0 Å². The summed E-state index contributed by atoms with van der Waals surface area (Å²) in [4.78, 5) is 33.7. The van der Waals surface area contributed by atoms with E-state index in [0.717, 1.165) is 10.3 Å². The lowest BCUT2D eigenvalue weighted by Gasteiger charge is -2.12. The van der Waals surface area contributed by atoms with Gasteiger partial charge in [-0.25, -0.2) is 5.43 Å². The van der Waals surface area contributed by atoms with E-state index in [2.05, 4.69) is 10.5 Å². The van der Waals surface area contributed by atoms with E-state index in [4.69, 9.17) is 9.47 Å². The molecule has 0 saturated carbocycles. The third-order valence-electron chi connectivity index (χ3n) is 5.12. The summed E-state index contributed by atoms with van der Waals surface area (Å²) in [7, 11) is 0. The summed E-state index contributed by atoms with van der Waals surface area (Å²) in [6, 6.07) is 17.3. The van der Waals surface area contributed by atoms with Gasteiger partial charge in [0.15, 0.2) is 11.5 Å². The van der Waals surface area contributed by atoms with Gasteiger partial charge in [0.2, 0.25) is 0 Å². The molecule has 0 spiro atoms. The Morgan fingerprint density at radius 2 is 1.68 bits per heavy atom. The van der Waals surface area contributed by atoms with Gasteiger partial charge in [0.1, 0.15) is 6.61 Å². The number of fused-ring (bicyclic) bond motifs is 1. The number of benzene rings is 3. The summed E-state index contributed by atoms with van der Waals surface area (Å²) in [5, 5.41) is 26.4. The van der Waals surface area contributed by atoms with Crippen LogP contribution in [0.2, 0.25) is 0 Å². The Bertz CT molecular complexity index is 1500. The minimum absolute atomic E-state index is 0.00538. The number of thiophene rings is 1. The van der Waals surface area contributed by atoms with E-state index in [1.807, 2.05) is 6.92 Å². The standard InChI is InChI=1S/C25H20N4O7S/c1-2-35-22-11-17(5-9-21(22)36-15-16-3-6-19(7-4-16)28(31)32)14-26-27-25(30)24-13-18-12-20(29(33)34)8-10-23(18)37-24/h3-14H,2,15H2,1H3,(H,27,30)/b26-14-. The predicted octanol–water partition coefficient (Wildman–Crippen LogP) is 5.46. The molecule has 0 bridgehead atoms. The Balaban J connectivity index is 1.40. The minimum atomic E-state index is -0.482. The topological polar surface area (TPSA) is 146 Å². The maximum absolute atomic E-state index is 12.5. The Hall–Kier alpha value is -4.84. The Kier molecular flexibility index (Phi) is 7.69. The van der Waals surface area contributed by atoms with Crippen LogP contribution < -0.4 is 14.9 Å². The number of hydrogen-bond donors (Lipinski definition) is 1. The highest BCUT2D eigenvalue weighted by Gasteiger charge is 2.13. The summed E-state index contributed by atoms with van der Waals surface area (Å²) in [5.41, 5.74) is 3.83. The van der Waals surface area contributed by atoms with Gasteiger partial charge < -0.3 is 9.47 Å². The summed E-state index contributed by atoms with van der Waals surface area (Å²) in [5.74, 6) is 0.528. The maximum Gasteiger partial charge on any atom is 0.281 e. The predicted molar refractivity (Wildman–Crippen MR) is 139 cm³/mol. The van der Waals surface area contributed by atoms with Gasteiger partial charge in [-0.15, -0.1) is 11.3 Å². The molecule has 1 heterocycles. The number of nitro benzene ring substituents is 2. The molecule has 188 valence electrons. The van der Waals surface area contributed by atoms with Crippen molar-refractivity contribution >= 4 is 44.9 Å². The second-order valence-corrected chi connectivity index (χ2v) is 8.72. The number of non-ortho nitro benzene ring substituents is 2. The lowest BCUT2D eigenvalue weighted by molar-refractivity contribution is -0.385. The van der Waals surface area contributed by atoms with Crippen LogP contribution in [0.25, 0.3) is 10.1 Å². The zero-order valence-corrected chi connectivity index (χ0v) is 20.3. The smallest absolute Gasteiger partial charge is 0.281 e. The van der Waals surface area contributed by atoms with E-state index in [1.54, 1.807) is 42.5 Å². The normalized spacial score (nSPS) is 10.9. The number of nitro groups is 2. The first-order valence-corrected chi connectivity index (χ1v) is 11.8. The zero-order chi connectivity index (χ0) is 26.4. The van der Waals surface area contributed by atoms with E-state index in [9.17, 15) is 25.0 Å². The third kappa shape index (κ3) is 6.24. The van der Waals surface area contributed by atoms with Crippen LogP contribution in [0.5, 0.6) is 11.5 Å². The number of rotatable bonds is 10. The molecule has 0 aliphatic carbocycles. The molecule has 0 atom stereocenters. The number of ether oxygens (including phenoxy) is 2. The van der Waals surface area contributed by atoms with Crippen molar-refractivity contribution in [3.05, 3.63) is 103 Å². The summed E-state index contributed by atoms with van der Waals surface area (Å²) in [6.07, 6.45) is 1.46. The van der Waals surface area contributed by atoms with E-state index in [-0.39, 0.29) is 18.0 Å². The molecule has 0 fully saturated rings. The second kappa shape index (κ2) is 11.3. The molecule has 3 aromatic carbocycles. The fraction of sp³-hybridized carbons (Fsp3) is 0.120. The van der Waals surface area contributed by atoms with Gasteiger partial charge in [-0.05, 0) is 60.5 Å². The maximum atomic E-state index is 12.5. The average molecular weight is 521 g/mol. The van der Waals surface area contributed by atoms with Gasteiger partial charge in [-0.1, -0.05) is 0 Å². The van der Waals surface area contributed by atoms with Gasteiger partial charge in [-0.2, -0.15) is 5.10 Å². The largest absolute Gasteiger partial charge is 0.490 e. The number of amides is 1. The number of hydrogen-bond acceptors (Lipinski definition) is 9. The first kappa shape index (κ1) is 25.3. The van der Waals surface area contributed by atoms with Crippen molar-refractivity contribution in [3.63, 3.8) is 0 Å². The molecule has 0 unspecified atom stereocenters. The van der Waals surface area contributed by atoms with Gasteiger partial charge in [-0.3, -0.25) is 25.0 Å². The number of nitrogens with zero attached hydrogens (tertiary/aromatic N) is 3. The van der Waals surface area contributed by atoms with Crippen molar-refractivity contribution in [2.24, 2.45) is 5.10 Å². The fourth-order valence-corrected chi connectivity index (χ4v) is 4.28.